The molecule has 7 nitrogen and oxygen atoms in total. The lowest BCUT2D eigenvalue weighted by atomic mass is 10.2. The van der Waals surface area contributed by atoms with Crippen molar-refractivity contribution in [3.63, 3.8) is 0 Å². The van der Waals surface area contributed by atoms with Gasteiger partial charge in [-0.05, 0) is 18.6 Å². The number of hydrogen-bond acceptors (Lipinski definition) is 6. The Morgan fingerprint density at radius 3 is 2.55 bits per heavy atom. The maximum atomic E-state index is 14.4. The molecule has 31 heavy (non-hydrogen) atoms. The van der Waals surface area contributed by atoms with Gasteiger partial charge in [-0.2, -0.15) is 4.99 Å². The van der Waals surface area contributed by atoms with Crippen LogP contribution < -0.4 is 4.80 Å². The van der Waals surface area contributed by atoms with Gasteiger partial charge in [-0.15, -0.1) is 0 Å². The minimum Gasteiger partial charge on any atom is -0.465 e. The zero-order valence-corrected chi connectivity index (χ0v) is 18.0. The summed E-state index contributed by atoms with van der Waals surface area (Å²) in [6.07, 6.45) is 0. The Morgan fingerprint density at radius 1 is 1.16 bits per heavy atom. The number of esters is 1. The van der Waals surface area contributed by atoms with Crippen molar-refractivity contribution in [2.75, 3.05) is 12.4 Å². The van der Waals surface area contributed by atoms with Gasteiger partial charge < -0.3 is 9.30 Å². The van der Waals surface area contributed by atoms with Crippen LogP contribution >= 0.6 is 11.3 Å². The lowest BCUT2D eigenvalue weighted by Gasteiger charge is -2.06. The van der Waals surface area contributed by atoms with E-state index in [4.69, 9.17) is 4.74 Å². The Morgan fingerprint density at radius 2 is 1.87 bits per heavy atom. The summed E-state index contributed by atoms with van der Waals surface area (Å²) in [4.78, 5) is 28.0. The third kappa shape index (κ3) is 5.82. The number of halogens is 2. The Bertz CT molecular complexity index is 1300. The molecule has 2 aromatic carbocycles. The number of carbonyl (C=O) groups is 2. The van der Waals surface area contributed by atoms with Crippen LogP contribution in [-0.4, -0.2) is 37.2 Å². The molecule has 1 aromatic heterocycles. The summed E-state index contributed by atoms with van der Waals surface area (Å²) in [5, 5.41) is 0. The fraction of sp³-hybridized carbons (Fsp3) is 0.250. The molecule has 0 atom stereocenters. The molecule has 11 heteroatoms. The minimum atomic E-state index is -3.82. The summed E-state index contributed by atoms with van der Waals surface area (Å²) in [5.41, 5.74) is 0.394. The molecule has 164 valence electrons. The number of thiazole rings is 1. The maximum Gasteiger partial charge on any atom is 0.326 e. The van der Waals surface area contributed by atoms with Crippen molar-refractivity contribution in [2.45, 2.75) is 19.2 Å². The normalized spacial score (nSPS) is 12.3. The predicted octanol–water partition coefficient (Wildman–Crippen LogP) is 2.59. The third-order valence-corrected chi connectivity index (χ3v) is 6.57. The van der Waals surface area contributed by atoms with Gasteiger partial charge in [-0.25, -0.2) is 17.2 Å². The number of ether oxygens (including phenoxy) is 1. The third-order valence-electron chi connectivity index (χ3n) is 4.08. The van der Waals surface area contributed by atoms with E-state index in [2.05, 4.69) is 4.99 Å². The van der Waals surface area contributed by atoms with Crippen LogP contribution in [0.15, 0.2) is 47.5 Å². The van der Waals surface area contributed by atoms with Crippen molar-refractivity contribution in [2.24, 2.45) is 4.99 Å². The van der Waals surface area contributed by atoms with Crippen LogP contribution in [0.2, 0.25) is 0 Å². The Kier molecular flexibility index (Phi) is 6.96. The summed E-state index contributed by atoms with van der Waals surface area (Å²) >= 11 is 0.763. The zero-order valence-electron chi connectivity index (χ0n) is 16.4. The smallest absolute Gasteiger partial charge is 0.326 e. The summed E-state index contributed by atoms with van der Waals surface area (Å²) in [6.45, 7) is 1.21. The van der Waals surface area contributed by atoms with Crippen LogP contribution in [0.4, 0.5) is 8.78 Å². The van der Waals surface area contributed by atoms with Gasteiger partial charge in [0.1, 0.15) is 18.1 Å². The van der Waals surface area contributed by atoms with Gasteiger partial charge in [-0.3, -0.25) is 9.59 Å². The molecule has 0 fully saturated rings. The summed E-state index contributed by atoms with van der Waals surface area (Å²) < 4.78 is 58.7. The van der Waals surface area contributed by atoms with Crippen LogP contribution in [0.5, 0.6) is 0 Å². The summed E-state index contributed by atoms with van der Waals surface area (Å²) in [6, 6.07) is 10.0. The van der Waals surface area contributed by atoms with Crippen LogP contribution in [0.3, 0.4) is 0 Å². The fourth-order valence-electron chi connectivity index (χ4n) is 2.90. The van der Waals surface area contributed by atoms with E-state index in [0.717, 1.165) is 22.0 Å². The number of fused-ring (bicyclic) bond motifs is 1. The zero-order chi connectivity index (χ0) is 22.6. The first-order valence-corrected chi connectivity index (χ1v) is 11.8. The Labute approximate surface area is 180 Å². The van der Waals surface area contributed by atoms with Gasteiger partial charge in [0.2, 0.25) is 0 Å². The first-order valence-electron chi connectivity index (χ1n) is 9.14. The monoisotopic (exact) mass is 468 g/mol. The molecule has 0 aliphatic rings. The van der Waals surface area contributed by atoms with Crippen LogP contribution in [0, 0.1) is 11.6 Å². The van der Waals surface area contributed by atoms with Gasteiger partial charge >= 0.3 is 5.97 Å². The van der Waals surface area contributed by atoms with Gasteiger partial charge in [0.25, 0.3) is 5.91 Å². The van der Waals surface area contributed by atoms with E-state index in [-0.39, 0.29) is 27.4 Å². The van der Waals surface area contributed by atoms with Crippen molar-refractivity contribution in [1.29, 1.82) is 0 Å². The van der Waals surface area contributed by atoms with Gasteiger partial charge in [-0.1, -0.05) is 41.7 Å². The molecule has 0 radical (unpaired) electrons. The predicted molar refractivity (Wildman–Crippen MR) is 111 cm³/mol. The van der Waals surface area contributed by atoms with E-state index in [1.807, 2.05) is 0 Å². The number of hydrogen-bond donors (Lipinski definition) is 0. The highest BCUT2D eigenvalue weighted by Gasteiger charge is 2.20. The molecule has 0 saturated carbocycles. The molecule has 0 saturated heterocycles. The number of nitrogens with zero attached hydrogens (tertiary/aromatic N) is 2. The standard InChI is InChI=1S/C20H18F2N2O5S2/c1-2-29-18(26)10-24-19-15(22)8-14(21)9-16(19)30-20(24)23-17(25)12-31(27,28)11-13-6-4-3-5-7-13/h3-9H,2,10-12H2,1H3. The second-order valence-corrected chi connectivity index (χ2v) is 9.61. The van der Waals surface area contributed by atoms with E-state index in [1.54, 1.807) is 37.3 Å². The van der Waals surface area contributed by atoms with Crippen LogP contribution in [0.1, 0.15) is 12.5 Å². The topological polar surface area (TPSA) is 94.8 Å². The highest BCUT2D eigenvalue weighted by Crippen LogP contribution is 2.22. The average molecular weight is 469 g/mol. The molecular formula is C20H18F2N2O5S2. The highest BCUT2D eigenvalue weighted by molar-refractivity contribution is 7.91. The van der Waals surface area contributed by atoms with E-state index in [9.17, 15) is 26.8 Å². The van der Waals surface area contributed by atoms with Crippen molar-refractivity contribution in [1.82, 2.24) is 4.57 Å². The molecule has 0 spiro atoms. The van der Waals surface area contributed by atoms with E-state index >= 15 is 0 Å². The average Bonchev–Trinajstić information content (AvgIpc) is 2.98. The molecule has 0 aliphatic heterocycles. The molecular weight excluding hydrogens is 450 g/mol. The van der Waals surface area contributed by atoms with Crippen molar-refractivity contribution in [3.05, 3.63) is 64.5 Å². The van der Waals surface area contributed by atoms with E-state index < -0.39 is 45.6 Å². The SMILES string of the molecule is CCOC(=O)Cn1c(=NC(=O)CS(=O)(=O)Cc2ccccc2)sc2cc(F)cc(F)c21. The number of amides is 1. The largest absolute Gasteiger partial charge is 0.465 e. The molecule has 0 aliphatic carbocycles. The fourth-order valence-corrected chi connectivity index (χ4v) is 5.23. The molecule has 0 unspecified atom stereocenters. The second kappa shape index (κ2) is 9.48. The summed E-state index contributed by atoms with van der Waals surface area (Å²) in [7, 11) is -3.82. The van der Waals surface area contributed by atoms with Gasteiger partial charge in [0, 0.05) is 6.07 Å². The molecule has 0 N–H and O–H groups in total. The number of sulfone groups is 1. The quantitative estimate of drug-likeness (QED) is 0.497. The van der Waals surface area contributed by atoms with Crippen molar-refractivity contribution in [3.8, 4) is 0 Å². The van der Waals surface area contributed by atoms with Gasteiger partial charge in [0.15, 0.2) is 20.5 Å². The highest BCUT2D eigenvalue weighted by atomic mass is 32.2. The van der Waals surface area contributed by atoms with Crippen molar-refractivity contribution < 1.29 is 31.5 Å². The minimum absolute atomic E-state index is 0.0850. The first kappa shape index (κ1) is 22.8. The summed E-state index contributed by atoms with van der Waals surface area (Å²) in [5.74, 6) is -4.69. The first-order chi connectivity index (χ1) is 14.7. The molecule has 1 amide bonds. The van der Waals surface area contributed by atoms with Gasteiger partial charge in [0.05, 0.1) is 22.6 Å². The van der Waals surface area contributed by atoms with Crippen LogP contribution in [-0.2, 0) is 36.5 Å². The number of aromatic nitrogens is 1. The lowest BCUT2D eigenvalue weighted by molar-refractivity contribution is -0.143. The maximum absolute atomic E-state index is 14.4. The molecule has 3 aromatic rings. The Balaban J connectivity index is 1.97. The number of rotatable bonds is 7. The Hall–Kier alpha value is -2.92. The molecule has 0 bridgehead atoms. The number of carbonyl (C=O) groups excluding carboxylic acids is 2. The van der Waals surface area contributed by atoms with E-state index in [1.165, 1.54) is 0 Å². The van der Waals surface area contributed by atoms with Crippen molar-refractivity contribution >= 4 is 43.3 Å². The van der Waals surface area contributed by atoms with E-state index in [0.29, 0.717) is 11.6 Å². The number of benzene rings is 2. The lowest BCUT2D eigenvalue weighted by Crippen LogP contribution is -2.25. The molecule has 1 heterocycles. The molecule has 3 rings (SSSR count). The van der Waals surface area contributed by atoms with Crippen LogP contribution in [0.25, 0.3) is 10.2 Å². The second-order valence-electron chi connectivity index (χ2n) is 6.53.